The maximum absolute atomic E-state index is 5.56. The maximum atomic E-state index is 5.56. The van der Waals surface area contributed by atoms with E-state index >= 15 is 0 Å². The molecule has 0 spiro atoms. The molecular formula is C8H15N2P. The average Bonchev–Trinajstić information content (AvgIpc) is 2.09. The molecule has 62 valence electrons. The molecule has 2 nitrogen and oxygen atoms in total. The van der Waals surface area contributed by atoms with Crippen molar-refractivity contribution in [3.63, 3.8) is 0 Å². The van der Waals surface area contributed by atoms with Crippen molar-refractivity contribution in [1.82, 2.24) is 0 Å². The van der Waals surface area contributed by atoms with E-state index in [0.717, 1.165) is 11.4 Å². The Hall–Kier alpha value is -0.750. The first-order valence-electron chi connectivity index (χ1n) is 3.65. The van der Waals surface area contributed by atoms with Crippen molar-refractivity contribution in [3.05, 3.63) is 24.3 Å². The minimum absolute atomic E-state index is 0.771. The van der Waals surface area contributed by atoms with Crippen LogP contribution in [-0.2, 0) is 0 Å². The number of para-hydroxylation sites is 2. The molecule has 11 heavy (non-hydrogen) atoms. The molecule has 0 bridgehead atoms. The zero-order valence-corrected chi connectivity index (χ0v) is 8.12. The second-order valence-corrected chi connectivity index (χ2v) is 2.02. The first kappa shape index (κ1) is 10.2. The summed E-state index contributed by atoms with van der Waals surface area (Å²) in [7, 11) is 2.40. The average molecular weight is 170 g/mol. The van der Waals surface area contributed by atoms with Crippen LogP contribution in [0, 0.1) is 0 Å². The zero-order chi connectivity index (χ0) is 8.69. The van der Waals surface area contributed by atoms with Gasteiger partial charge in [-0.1, -0.05) is 26.0 Å². The Balaban J connectivity index is 0.000000461. The van der Waals surface area contributed by atoms with Crippen LogP contribution in [-0.4, -0.2) is 0 Å². The fourth-order valence-electron chi connectivity index (χ4n) is 0.628. The molecule has 1 aromatic carbocycles. The van der Waals surface area contributed by atoms with Gasteiger partial charge in [-0.05, 0) is 21.5 Å². The second-order valence-electron chi connectivity index (χ2n) is 1.73. The smallest absolute Gasteiger partial charge is 0.0602 e. The standard InChI is InChI=1S/C6H9N2P.C2H6/c7-5-3-1-2-4-6(5)8-9;1-2/h1-4,8H,7,9H2;1-2H3. The van der Waals surface area contributed by atoms with Gasteiger partial charge >= 0.3 is 0 Å². The van der Waals surface area contributed by atoms with Crippen LogP contribution in [0.2, 0.25) is 0 Å². The highest BCUT2D eigenvalue weighted by Gasteiger charge is 1.89. The molecule has 0 aliphatic heterocycles. The summed E-state index contributed by atoms with van der Waals surface area (Å²) in [5.74, 6) is 0. The number of nitrogens with two attached hydrogens (primary N) is 1. The van der Waals surface area contributed by atoms with E-state index in [9.17, 15) is 0 Å². The summed E-state index contributed by atoms with van der Waals surface area (Å²) < 4.78 is 0. The van der Waals surface area contributed by atoms with E-state index in [-0.39, 0.29) is 0 Å². The molecule has 1 atom stereocenters. The van der Waals surface area contributed by atoms with Crippen LogP contribution in [0.4, 0.5) is 11.4 Å². The Kier molecular flexibility index (Phi) is 5.58. The number of hydrogen-bond donors (Lipinski definition) is 2. The molecule has 1 aromatic rings. The molecule has 3 heteroatoms. The molecular weight excluding hydrogens is 155 g/mol. The third-order valence-corrected chi connectivity index (χ3v) is 1.43. The molecule has 1 unspecified atom stereocenters. The van der Waals surface area contributed by atoms with Crippen molar-refractivity contribution in [1.29, 1.82) is 0 Å². The molecule has 0 aliphatic carbocycles. The van der Waals surface area contributed by atoms with Gasteiger partial charge in [-0.15, -0.1) is 0 Å². The minimum Gasteiger partial charge on any atom is -0.397 e. The second kappa shape index (κ2) is 5.99. The van der Waals surface area contributed by atoms with Gasteiger partial charge in [0.25, 0.3) is 0 Å². The van der Waals surface area contributed by atoms with Gasteiger partial charge in [0.15, 0.2) is 0 Å². The molecule has 0 aliphatic rings. The van der Waals surface area contributed by atoms with Gasteiger partial charge in [0, 0.05) is 0 Å². The number of benzene rings is 1. The van der Waals surface area contributed by atoms with Crippen LogP contribution < -0.4 is 10.8 Å². The Morgan fingerprint density at radius 1 is 1.27 bits per heavy atom. The third-order valence-electron chi connectivity index (χ3n) is 1.12. The topological polar surface area (TPSA) is 38.0 Å². The van der Waals surface area contributed by atoms with E-state index in [0.29, 0.717) is 0 Å². The Morgan fingerprint density at radius 2 is 1.82 bits per heavy atom. The quantitative estimate of drug-likeness (QED) is 0.502. The SMILES string of the molecule is CC.Nc1ccccc1NP. The lowest BCUT2D eigenvalue weighted by Gasteiger charge is -2.00. The molecule has 0 saturated heterocycles. The lowest BCUT2D eigenvalue weighted by Crippen LogP contribution is -1.88. The highest BCUT2D eigenvalue weighted by molar-refractivity contribution is 7.18. The molecule has 0 radical (unpaired) electrons. The predicted octanol–water partition coefficient (Wildman–Crippen LogP) is 2.50. The van der Waals surface area contributed by atoms with Crippen LogP contribution in [0.25, 0.3) is 0 Å². The minimum atomic E-state index is 0.771. The number of nitrogens with one attached hydrogen (secondary N) is 1. The Morgan fingerprint density at radius 3 is 2.18 bits per heavy atom. The maximum Gasteiger partial charge on any atom is 0.0602 e. The number of nitrogen functional groups attached to an aromatic ring is 1. The monoisotopic (exact) mass is 170 g/mol. The van der Waals surface area contributed by atoms with Gasteiger partial charge in [-0.2, -0.15) is 0 Å². The van der Waals surface area contributed by atoms with Crippen LogP contribution in [0.1, 0.15) is 13.8 Å². The predicted molar refractivity (Wildman–Crippen MR) is 55.5 cm³/mol. The van der Waals surface area contributed by atoms with Gasteiger partial charge in [-0.25, -0.2) is 0 Å². The number of hydrogen-bond acceptors (Lipinski definition) is 2. The van der Waals surface area contributed by atoms with Crippen LogP contribution in [0.3, 0.4) is 0 Å². The van der Waals surface area contributed by atoms with Crippen molar-refractivity contribution in [2.75, 3.05) is 10.8 Å². The number of rotatable bonds is 1. The fourth-order valence-corrected chi connectivity index (χ4v) is 0.891. The zero-order valence-electron chi connectivity index (χ0n) is 6.96. The molecule has 1 rings (SSSR count). The first-order valence-corrected chi connectivity index (χ1v) is 4.23. The van der Waals surface area contributed by atoms with Gasteiger partial charge in [0.1, 0.15) is 0 Å². The summed E-state index contributed by atoms with van der Waals surface area (Å²) >= 11 is 0. The van der Waals surface area contributed by atoms with Crippen LogP contribution in [0.15, 0.2) is 24.3 Å². The summed E-state index contributed by atoms with van der Waals surface area (Å²) in [5, 5.41) is 2.89. The lowest BCUT2D eigenvalue weighted by molar-refractivity contribution is 1.50. The van der Waals surface area contributed by atoms with E-state index in [1.807, 2.05) is 38.1 Å². The van der Waals surface area contributed by atoms with Gasteiger partial charge < -0.3 is 10.8 Å². The van der Waals surface area contributed by atoms with Crippen LogP contribution in [0.5, 0.6) is 0 Å². The molecule has 0 fully saturated rings. The molecule has 0 aromatic heterocycles. The van der Waals surface area contributed by atoms with E-state index in [1.54, 1.807) is 0 Å². The number of anilines is 2. The molecule has 0 saturated carbocycles. The third kappa shape index (κ3) is 3.24. The van der Waals surface area contributed by atoms with E-state index in [1.165, 1.54) is 0 Å². The largest absolute Gasteiger partial charge is 0.397 e. The Labute approximate surface area is 70.4 Å². The highest BCUT2D eigenvalue weighted by atomic mass is 31.0. The molecule has 3 N–H and O–H groups in total. The lowest BCUT2D eigenvalue weighted by atomic mass is 10.3. The van der Waals surface area contributed by atoms with Crippen molar-refractivity contribution < 1.29 is 0 Å². The van der Waals surface area contributed by atoms with Crippen molar-refractivity contribution >= 4 is 20.8 Å². The van der Waals surface area contributed by atoms with Gasteiger partial charge in [0.05, 0.1) is 11.4 Å². The molecule has 0 heterocycles. The van der Waals surface area contributed by atoms with Crippen molar-refractivity contribution in [2.24, 2.45) is 0 Å². The first-order chi connectivity index (χ1) is 5.34. The molecule has 0 amide bonds. The summed E-state index contributed by atoms with van der Waals surface area (Å²) in [6.45, 7) is 4.00. The van der Waals surface area contributed by atoms with Gasteiger partial charge in [-0.3, -0.25) is 0 Å². The van der Waals surface area contributed by atoms with Gasteiger partial charge in [0.2, 0.25) is 0 Å². The van der Waals surface area contributed by atoms with Crippen molar-refractivity contribution in [3.8, 4) is 0 Å². The summed E-state index contributed by atoms with van der Waals surface area (Å²) in [5.41, 5.74) is 7.27. The van der Waals surface area contributed by atoms with Crippen LogP contribution >= 0.6 is 9.39 Å². The van der Waals surface area contributed by atoms with Crippen molar-refractivity contribution in [2.45, 2.75) is 13.8 Å². The Bertz CT molecular complexity index is 201. The van der Waals surface area contributed by atoms with E-state index in [4.69, 9.17) is 5.73 Å². The summed E-state index contributed by atoms with van der Waals surface area (Å²) in [4.78, 5) is 0. The van der Waals surface area contributed by atoms with E-state index in [2.05, 4.69) is 14.5 Å². The fraction of sp³-hybridized carbons (Fsp3) is 0.250. The summed E-state index contributed by atoms with van der Waals surface area (Å²) in [6, 6.07) is 7.61. The summed E-state index contributed by atoms with van der Waals surface area (Å²) in [6.07, 6.45) is 0. The normalized spacial score (nSPS) is 7.91. The highest BCUT2D eigenvalue weighted by Crippen LogP contribution is 2.17. The van der Waals surface area contributed by atoms with E-state index < -0.39 is 0 Å².